The van der Waals surface area contributed by atoms with Gasteiger partial charge in [0.25, 0.3) is 0 Å². The summed E-state index contributed by atoms with van der Waals surface area (Å²) < 4.78 is 7.54. The molecule has 6 heteroatoms. The first-order chi connectivity index (χ1) is 10.1. The molecule has 3 N–H and O–H groups in total. The van der Waals surface area contributed by atoms with E-state index in [2.05, 4.69) is 15.0 Å². The number of nitrogen functional groups attached to an aromatic ring is 1. The van der Waals surface area contributed by atoms with Crippen LogP contribution in [0.3, 0.4) is 0 Å². The summed E-state index contributed by atoms with van der Waals surface area (Å²) in [7, 11) is 0. The minimum Gasteiger partial charge on any atom is -0.456 e. The predicted molar refractivity (Wildman–Crippen MR) is 78.7 cm³/mol. The van der Waals surface area contributed by atoms with E-state index < -0.39 is 5.91 Å². The molecular formula is C15H16N4O2. The number of hydrazine groups is 1. The fraction of sp³-hybridized carbons (Fsp3) is 0.200. The molecule has 0 radical (unpaired) electrons. The molecule has 2 heterocycles. The zero-order chi connectivity index (χ0) is 15.0. The van der Waals surface area contributed by atoms with Gasteiger partial charge in [-0.05, 0) is 32.0 Å². The molecule has 0 aliphatic carbocycles. The summed E-state index contributed by atoms with van der Waals surface area (Å²) in [6.07, 6.45) is 0. The van der Waals surface area contributed by atoms with Crippen molar-refractivity contribution < 1.29 is 9.21 Å². The van der Waals surface area contributed by atoms with Crippen LogP contribution in [-0.2, 0) is 6.54 Å². The van der Waals surface area contributed by atoms with Crippen LogP contribution in [0.15, 0.2) is 34.7 Å². The minimum absolute atomic E-state index is 0.215. The number of carbonyl (C=O) groups excluding carboxylic acids is 1. The van der Waals surface area contributed by atoms with Crippen molar-refractivity contribution in [3.8, 4) is 0 Å². The van der Waals surface area contributed by atoms with E-state index >= 15 is 0 Å². The lowest BCUT2D eigenvalue weighted by Crippen LogP contribution is -2.29. The second-order valence-electron chi connectivity index (χ2n) is 4.90. The van der Waals surface area contributed by atoms with Gasteiger partial charge in [-0.1, -0.05) is 12.1 Å². The first kappa shape index (κ1) is 13.4. The predicted octanol–water partition coefficient (Wildman–Crippen LogP) is 1.90. The molecule has 0 saturated heterocycles. The van der Waals surface area contributed by atoms with Crippen molar-refractivity contribution in [1.29, 1.82) is 0 Å². The summed E-state index contributed by atoms with van der Waals surface area (Å²) in [4.78, 5) is 16.0. The molecule has 6 nitrogen and oxygen atoms in total. The summed E-state index contributed by atoms with van der Waals surface area (Å²) in [5, 5.41) is 0. The van der Waals surface area contributed by atoms with Crippen molar-refractivity contribution in [3.05, 3.63) is 53.2 Å². The number of furan rings is 1. The van der Waals surface area contributed by atoms with E-state index in [1.54, 1.807) is 6.07 Å². The Morgan fingerprint density at radius 2 is 2.14 bits per heavy atom. The van der Waals surface area contributed by atoms with Gasteiger partial charge in [0.1, 0.15) is 11.6 Å². The summed E-state index contributed by atoms with van der Waals surface area (Å²) in [5.41, 5.74) is 5.01. The minimum atomic E-state index is -0.434. The van der Waals surface area contributed by atoms with Gasteiger partial charge in [-0.15, -0.1) is 0 Å². The molecule has 3 rings (SSSR count). The quantitative estimate of drug-likeness (QED) is 0.437. The molecule has 0 saturated carbocycles. The third-order valence-electron chi connectivity index (χ3n) is 3.55. The Kier molecular flexibility index (Phi) is 3.23. The lowest BCUT2D eigenvalue weighted by atomic mass is 10.2. The van der Waals surface area contributed by atoms with Crippen molar-refractivity contribution in [2.45, 2.75) is 20.4 Å². The van der Waals surface area contributed by atoms with Gasteiger partial charge in [-0.2, -0.15) is 0 Å². The number of aryl methyl sites for hydroxylation is 2. The molecule has 0 atom stereocenters. The fourth-order valence-corrected chi connectivity index (χ4v) is 2.43. The van der Waals surface area contributed by atoms with Gasteiger partial charge < -0.3 is 8.98 Å². The molecule has 0 aliphatic heterocycles. The van der Waals surface area contributed by atoms with Crippen LogP contribution < -0.4 is 11.3 Å². The SMILES string of the molecule is Cc1oc(C(=O)NN)cc1Cn1c(C)nc2ccccc21. The number of hydrogen-bond acceptors (Lipinski definition) is 4. The standard InChI is InChI=1S/C15H16N4O2/c1-9-11(7-14(21-9)15(20)18-16)8-19-10(2)17-12-5-3-4-6-13(12)19/h3-7H,8,16H2,1-2H3,(H,18,20). The molecule has 0 bridgehead atoms. The average molecular weight is 284 g/mol. The van der Waals surface area contributed by atoms with E-state index in [-0.39, 0.29) is 5.76 Å². The number of nitrogens with two attached hydrogens (primary N) is 1. The van der Waals surface area contributed by atoms with Crippen LogP contribution in [-0.4, -0.2) is 15.5 Å². The molecule has 1 amide bonds. The van der Waals surface area contributed by atoms with E-state index in [1.807, 2.05) is 38.1 Å². The van der Waals surface area contributed by atoms with Crippen LogP contribution in [0.5, 0.6) is 0 Å². The average Bonchev–Trinajstić information content (AvgIpc) is 3.00. The number of carbonyl (C=O) groups is 1. The van der Waals surface area contributed by atoms with Gasteiger partial charge in [0.2, 0.25) is 0 Å². The zero-order valence-corrected chi connectivity index (χ0v) is 11.9. The first-order valence-corrected chi connectivity index (χ1v) is 6.62. The maximum atomic E-state index is 11.5. The number of nitrogens with one attached hydrogen (secondary N) is 1. The summed E-state index contributed by atoms with van der Waals surface area (Å²) in [6, 6.07) is 9.67. The van der Waals surface area contributed by atoms with Gasteiger partial charge in [-0.25, -0.2) is 10.8 Å². The van der Waals surface area contributed by atoms with Gasteiger partial charge >= 0.3 is 5.91 Å². The number of nitrogens with zero attached hydrogens (tertiary/aromatic N) is 2. The summed E-state index contributed by atoms with van der Waals surface area (Å²) in [5.74, 6) is 6.52. The van der Waals surface area contributed by atoms with Crippen LogP contribution in [0.1, 0.15) is 27.7 Å². The summed E-state index contributed by atoms with van der Waals surface area (Å²) in [6.45, 7) is 4.39. The number of para-hydroxylation sites is 2. The van der Waals surface area contributed by atoms with E-state index in [4.69, 9.17) is 10.3 Å². The highest BCUT2D eigenvalue weighted by atomic mass is 16.4. The Morgan fingerprint density at radius 3 is 2.90 bits per heavy atom. The van der Waals surface area contributed by atoms with Crippen LogP contribution in [0.25, 0.3) is 11.0 Å². The maximum absolute atomic E-state index is 11.5. The third-order valence-corrected chi connectivity index (χ3v) is 3.55. The Balaban J connectivity index is 2.01. The number of fused-ring (bicyclic) bond motifs is 1. The van der Waals surface area contributed by atoms with E-state index in [1.165, 1.54) is 0 Å². The van der Waals surface area contributed by atoms with Gasteiger partial charge in [0.15, 0.2) is 5.76 Å². The molecule has 0 spiro atoms. The van der Waals surface area contributed by atoms with E-state index in [0.717, 1.165) is 22.4 Å². The number of aromatic nitrogens is 2. The molecule has 2 aromatic heterocycles. The van der Waals surface area contributed by atoms with E-state index in [0.29, 0.717) is 12.3 Å². The van der Waals surface area contributed by atoms with Crippen molar-refractivity contribution in [2.75, 3.05) is 0 Å². The molecule has 3 aromatic rings. The lowest BCUT2D eigenvalue weighted by molar-refractivity contribution is 0.0924. The van der Waals surface area contributed by atoms with Crippen LogP contribution in [0.2, 0.25) is 0 Å². The van der Waals surface area contributed by atoms with Crippen molar-refractivity contribution in [3.63, 3.8) is 0 Å². The highest BCUT2D eigenvalue weighted by molar-refractivity contribution is 5.91. The van der Waals surface area contributed by atoms with Crippen LogP contribution in [0, 0.1) is 13.8 Å². The third kappa shape index (κ3) is 2.30. The number of benzene rings is 1. The highest BCUT2D eigenvalue weighted by Gasteiger charge is 2.15. The van der Waals surface area contributed by atoms with Crippen LogP contribution in [0.4, 0.5) is 0 Å². The molecule has 0 fully saturated rings. The number of rotatable bonds is 3. The van der Waals surface area contributed by atoms with Crippen molar-refractivity contribution in [1.82, 2.24) is 15.0 Å². The van der Waals surface area contributed by atoms with Crippen molar-refractivity contribution >= 4 is 16.9 Å². The van der Waals surface area contributed by atoms with Gasteiger partial charge in [-0.3, -0.25) is 10.2 Å². The number of imidazole rings is 1. The second kappa shape index (κ2) is 5.06. The Bertz CT molecular complexity index is 816. The number of hydrogen-bond donors (Lipinski definition) is 2. The molecule has 0 unspecified atom stereocenters. The number of amides is 1. The largest absolute Gasteiger partial charge is 0.456 e. The highest BCUT2D eigenvalue weighted by Crippen LogP contribution is 2.21. The first-order valence-electron chi connectivity index (χ1n) is 6.62. The topological polar surface area (TPSA) is 86.1 Å². The molecule has 1 aromatic carbocycles. The normalized spacial score (nSPS) is 11.0. The van der Waals surface area contributed by atoms with Crippen LogP contribution >= 0.6 is 0 Å². The molecule has 108 valence electrons. The second-order valence-corrected chi connectivity index (χ2v) is 4.90. The zero-order valence-electron chi connectivity index (χ0n) is 11.9. The fourth-order valence-electron chi connectivity index (χ4n) is 2.43. The monoisotopic (exact) mass is 284 g/mol. The Hall–Kier alpha value is -2.60. The van der Waals surface area contributed by atoms with Gasteiger partial charge in [0, 0.05) is 5.56 Å². The Labute approximate surface area is 121 Å². The molecular weight excluding hydrogens is 268 g/mol. The maximum Gasteiger partial charge on any atom is 0.300 e. The van der Waals surface area contributed by atoms with Crippen molar-refractivity contribution in [2.24, 2.45) is 5.84 Å². The van der Waals surface area contributed by atoms with E-state index in [9.17, 15) is 4.79 Å². The summed E-state index contributed by atoms with van der Waals surface area (Å²) >= 11 is 0. The molecule has 0 aliphatic rings. The smallest absolute Gasteiger partial charge is 0.300 e. The molecule has 21 heavy (non-hydrogen) atoms. The van der Waals surface area contributed by atoms with Gasteiger partial charge in [0.05, 0.1) is 17.6 Å². The Morgan fingerprint density at radius 1 is 1.38 bits per heavy atom. The lowest BCUT2D eigenvalue weighted by Gasteiger charge is -2.05.